The average molecular weight is 395 g/mol. The molecule has 27 heavy (non-hydrogen) atoms. The summed E-state index contributed by atoms with van der Waals surface area (Å²) in [4.78, 5) is 4.58. The summed E-state index contributed by atoms with van der Waals surface area (Å²) < 4.78 is 12.2. The number of aryl methyl sites for hydroxylation is 1. The van der Waals surface area contributed by atoms with Crippen LogP contribution >= 0.6 is 11.6 Å². The molecule has 0 spiro atoms. The Morgan fingerprint density at radius 3 is 2.63 bits per heavy atom. The molecule has 148 valence electrons. The molecule has 1 heterocycles. The molecule has 0 radical (unpaired) electrons. The Balaban J connectivity index is 1.95. The molecule has 9 heteroatoms. The molecule has 0 atom stereocenters. The van der Waals surface area contributed by atoms with Gasteiger partial charge in [-0.1, -0.05) is 17.7 Å². The van der Waals surface area contributed by atoms with Gasteiger partial charge < -0.3 is 24.7 Å². The van der Waals surface area contributed by atoms with Crippen LogP contribution in [0.3, 0.4) is 0 Å². The number of guanidine groups is 1. The lowest BCUT2D eigenvalue weighted by Gasteiger charge is -2.13. The van der Waals surface area contributed by atoms with E-state index in [-0.39, 0.29) is 0 Å². The zero-order valence-electron chi connectivity index (χ0n) is 16.3. The highest BCUT2D eigenvalue weighted by Crippen LogP contribution is 2.22. The van der Waals surface area contributed by atoms with Crippen LogP contribution in [0.2, 0.25) is 5.02 Å². The number of aliphatic imine (C=N–C) groups is 1. The van der Waals surface area contributed by atoms with Crippen LogP contribution in [0.4, 0.5) is 0 Å². The number of benzene rings is 1. The zero-order valence-corrected chi connectivity index (χ0v) is 17.0. The van der Waals surface area contributed by atoms with E-state index in [0.29, 0.717) is 37.2 Å². The van der Waals surface area contributed by atoms with Crippen LogP contribution in [0, 0.1) is 6.92 Å². The number of hydrogen-bond acceptors (Lipinski definition) is 5. The summed E-state index contributed by atoms with van der Waals surface area (Å²) in [6.45, 7) is 4.28. The maximum Gasteiger partial charge on any atom is 0.191 e. The average Bonchev–Trinajstić information content (AvgIpc) is 2.99. The Morgan fingerprint density at radius 1 is 1.22 bits per heavy atom. The first-order valence-electron chi connectivity index (χ1n) is 8.73. The van der Waals surface area contributed by atoms with Gasteiger partial charge >= 0.3 is 0 Å². The molecule has 0 saturated heterocycles. The first-order chi connectivity index (χ1) is 13.0. The van der Waals surface area contributed by atoms with Crippen LogP contribution in [0.5, 0.6) is 5.75 Å². The van der Waals surface area contributed by atoms with Gasteiger partial charge in [0.15, 0.2) is 11.8 Å². The first-order valence-corrected chi connectivity index (χ1v) is 9.11. The van der Waals surface area contributed by atoms with Gasteiger partial charge in [0.25, 0.3) is 0 Å². The standard InChI is InChI=1S/C18H27ClN6O2/c1-13-23-24-17(25(13)2)12-22-18(21-9-10-26-3)20-8-7-14-5-6-15(27-4)11-16(14)19/h5-6,11H,7-10,12H2,1-4H3,(H2,20,21,22). The van der Waals surface area contributed by atoms with E-state index in [2.05, 4.69) is 25.8 Å². The molecular formula is C18H27ClN6O2. The summed E-state index contributed by atoms with van der Waals surface area (Å²) in [5.74, 6) is 3.10. The number of ether oxygens (including phenoxy) is 2. The monoisotopic (exact) mass is 394 g/mol. The molecule has 0 amide bonds. The van der Waals surface area contributed by atoms with Crippen LogP contribution in [0.15, 0.2) is 23.2 Å². The van der Waals surface area contributed by atoms with Gasteiger partial charge in [0.05, 0.1) is 13.7 Å². The lowest BCUT2D eigenvalue weighted by Crippen LogP contribution is -2.40. The summed E-state index contributed by atoms with van der Waals surface area (Å²) in [7, 11) is 5.22. The molecule has 0 fully saturated rings. The van der Waals surface area contributed by atoms with Gasteiger partial charge in [0.2, 0.25) is 0 Å². The highest BCUT2D eigenvalue weighted by Gasteiger charge is 2.06. The zero-order chi connectivity index (χ0) is 19.6. The molecule has 8 nitrogen and oxygen atoms in total. The van der Waals surface area contributed by atoms with E-state index in [4.69, 9.17) is 21.1 Å². The van der Waals surface area contributed by atoms with Crippen LogP contribution in [0.1, 0.15) is 17.2 Å². The van der Waals surface area contributed by atoms with Crippen molar-refractivity contribution in [3.05, 3.63) is 40.4 Å². The molecule has 1 aromatic carbocycles. The van der Waals surface area contributed by atoms with Gasteiger partial charge in [0.1, 0.15) is 18.1 Å². The summed E-state index contributed by atoms with van der Waals surface area (Å²) in [5.41, 5.74) is 1.05. The number of methoxy groups -OCH3 is 2. The second-order valence-electron chi connectivity index (χ2n) is 5.94. The fourth-order valence-corrected chi connectivity index (χ4v) is 2.62. The summed E-state index contributed by atoms with van der Waals surface area (Å²) in [6.07, 6.45) is 0.761. The SMILES string of the molecule is COCCNC(=NCc1nnc(C)n1C)NCCc1ccc(OC)cc1Cl. The minimum Gasteiger partial charge on any atom is -0.497 e. The van der Waals surface area contributed by atoms with Crippen molar-refractivity contribution in [1.82, 2.24) is 25.4 Å². The number of halogens is 1. The lowest BCUT2D eigenvalue weighted by atomic mass is 10.1. The van der Waals surface area contributed by atoms with Crippen LogP contribution < -0.4 is 15.4 Å². The second-order valence-corrected chi connectivity index (χ2v) is 6.35. The first kappa shape index (κ1) is 21.0. The third kappa shape index (κ3) is 6.41. The number of hydrogen-bond donors (Lipinski definition) is 2. The van der Waals surface area contributed by atoms with Crippen molar-refractivity contribution in [2.24, 2.45) is 12.0 Å². The Bertz CT molecular complexity index is 762. The minimum absolute atomic E-state index is 0.433. The van der Waals surface area contributed by atoms with Crippen molar-refractivity contribution in [3.8, 4) is 5.75 Å². The molecule has 0 saturated carbocycles. The van der Waals surface area contributed by atoms with Gasteiger partial charge in [-0.15, -0.1) is 10.2 Å². The molecular weight excluding hydrogens is 368 g/mol. The third-order valence-electron chi connectivity index (χ3n) is 4.11. The molecule has 2 N–H and O–H groups in total. The Hall–Kier alpha value is -2.32. The largest absolute Gasteiger partial charge is 0.497 e. The summed E-state index contributed by atoms with van der Waals surface area (Å²) in [6, 6.07) is 5.70. The van der Waals surface area contributed by atoms with Gasteiger partial charge in [-0.05, 0) is 31.0 Å². The van der Waals surface area contributed by atoms with Gasteiger partial charge in [-0.3, -0.25) is 0 Å². The third-order valence-corrected chi connectivity index (χ3v) is 4.46. The van der Waals surface area contributed by atoms with Crippen LogP contribution in [-0.2, 0) is 24.8 Å². The normalized spacial score (nSPS) is 11.5. The van der Waals surface area contributed by atoms with E-state index >= 15 is 0 Å². The van der Waals surface area contributed by atoms with Crippen molar-refractivity contribution in [2.75, 3.05) is 33.9 Å². The number of nitrogens with one attached hydrogen (secondary N) is 2. The van der Waals surface area contributed by atoms with E-state index in [0.717, 1.165) is 29.4 Å². The number of nitrogens with zero attached hydrogens (tertiary/aromatic N) is 4. The summed E-state index contributed by atoms with van der Waals surface area (Å²) in [5, 5.41) is 15.4. The maximum absolute atomic E-state index is 6.30. The molecule has 0 aliphatic carbocycles. The van der Waals surface area contributed by atoms with E-state index in [1.54, 1.807) is 14.2 Å². The Morgan fingerprint density at radius 2 is 2.00 bits per heavy atom. The smallest absolute Gasteiger partial charge is 0.191 e. The highest BCUT2D eigenvalue weighted by molar-refractivity contribution is 6.31. The van der Waals surface area contributed by atoms with Crippen molar-refractivity contribution in [1.29, 1.82) is 0 Å². The molecule has 2 aromatic rings. The Labute approximate surface area is 164 Å². The predicted octanol–water partition coefficient (Wildman–Crippen LogP) is 1.71. The van der Waals surface area contributed by atoms with E-state index in [1.807, 2.05) is 36.7 Å². The van der Waals surface area contributed by atoms with Crippen molar-refractivity contribution < 1.29 is 9.47 Å². The van der Waals surface area contributed by atoms with Crippen molar-refractivity contribution in [3.63, 3.8) is 0 Å². The molecule has 2 rings (SSSR count). The minimum atomic E-state index is 0.433. The van der Waals surface area contributed by atoms with Crippen molar-refractivity contribution >= 4 is 17.6 Å². The van der Waals surface area contributed by atoms with Crippen molar-refractivity contribution in [2.45, 2.75) is 19.9 Å². The predicted molar refractivity (Wildman–Crippen MR) is 106 cm³/mol. The fourth-order valence-electron chi connectivity index (χ4n) is 2.36. The molecule has 0 unspecified atom stereocenters. The lowest BCUT2D eigenvalue weighted by molar-refractivity contribution is 0.203. The molecule has 0 aliphatic rings. The molecule has 1 aromatic heterocycles. The molecule has 0 bridgehead atoms. The topological polar surface area (TPSA) is 85.6 Å². The van der Waals surface area contributed by atoms with E-state index in [9.17, 15) is 0 Å². The van der Waals surface area contributed by atoms with Gasteiger partial charge in [-0.25, -0.2) is 4.99 Å². The number of rotatable bonds is 9. The number of aromatic nitrogens is 3. The van der Waals surface area contributed by atoms with Crippen LogP contribution in [0.25, 0.3) is 0 Å². The van der Waals surface area contributed by atoms with Gasteiger partial charge in [-0.2, -0.15) is 0 Å². The van der Waals surface area contributed by atoms with Crippen LogP contribution in [-0.4, -0.2) is 54.6 Å². The van der Waals surface area contributed by atoms with E-state index in [1.165, 1.54) is 0 Å². The summed E-state index contributed by atoms with van der Waals surface area (Å²) >= 11 is 6.30. The maximum atomic E-state index is 6.30. The fraction of sp³-hybridized carbons (Fsp3) is 0.500. The van der Waals surface area contributed by atoms with E-state index < -0.39 is 0 Å². The highest BCUT2D eigenvalue weighted by atomic mass is 35.5. The van der Waals surface area contributed by atoms with Gasteiger partial charge in [0, 0.05) is 32.3 Å². The Kier molecular flexibility index (Phi) is 8.35. The molecule has 0 aliphatic heterocycles. The second kappa shape index (κ2) is 10.7. The quantitative estimate of drug-likeness (QED) is 0.382.